The van der Waals surface area contributed by atoms with Crippen molar-refractivity contribution in [3.05, 3.63) is 51.9 Å². The van der Waals surface area contributed by atoms with E-state index in [0.717, 1.165) is 11.0 Å². The summed E-state index contributed by atoms with van der Waals surface area (Å²) in [7, 11) is -3.35. The smallest absolute Gasteiger partial charge is 0.339 e. The van der Waals surface area contributed by atoms with Crippen molar-refractivity contribution in [3.63, 3.8) is 0 Å². The topological polar surface area (TPSA) is 123 Å². The van der Waals surface area contributed by atoms with E-state index in [1.807, 2.05) is 6.92 Å². The van der Waals surface area contributed by atoms with Gasteiger partial charge in [-0.15, -0.1) is 0 Å². The van der Waals surface area contributed by atoms with Gasteiger partial charge in [-0.05, 0) is 43.5 Å². The quantitative estimate of drug-likeness (QED) is 0.496. The highest BCUT2D eigenvalue weighted by molar-refractivity contribution is 7.91. The first kappa shape index (κ1) is 22.0. The molecule has 0 unspecified atom stereocenters. The molecule has 2 N–H and O–H groups in total. The zero-order valence-electron chi connectivity index (χ0n) is 16.9. The van der Waals surface area contributed by atoms with Crippen molar-refractivity contribution >= 4 is 26.7 Å². The molecule has 0 bridgehead atoms. The van der Waals surface area contributed by atoms with Gasteiger partial charge in [0.25, 0.3) is 0 Å². The lowest BCUT2D eigenvalue weighted by Gasteiger charge is -2.15. The van der Waals surface area contributed by atoms with Crippen LogP contribution in [0.1, 0.15) is 24.5 Å². The first-order chi connectivity index (χ1) is 14.1. The second-order valence-corrected chi connectivity index (χ2v) is 9.87. The molecule has 2 atom stereocenters. The summed E-state index contributed by atoms with van der Waals surface area (Å²) in [5.74, 6) is -0.514. The molecule has 0 spiro atoms. The van der Waals surface area contributed by atoms with Crippen LogP contribution in [-0.4, -0.2) is 49.7 Å². The Morgan fingerprint density at radius 2 is 2.10 bits per heavy atom. The molecule has 1 aliphatic heterocycles. The molecule has 1 aromatic carbocycles. The molecule has 1 fully saturated rings. The summed E-state index contributed by atoms with van der Waals surface area (Å²) in [6.45, 7) is 7.77. The summed E-state index contributed by atoms with van der Waals surface area (Å²) in [4.78, 5) is 24.7. The van der Waals surface area contributed by atoms with Crippen molar-refractivity contribution in [3.8, 4) is 5.75 Å². The second kappa shape index (κ2) is 8.61. The summed E-state index contributed by atoms with van der Waals surface area (Å²) in [5.41, 5.74) is 1.82. The average molecular weight is 435 g/mol. The molecule has 2 heterocycles. The van der Waals surface area contributed by atoms with Crippen LogP contribution < -0.4 is 15.7 Å². The number of hydrogen-bond donors (Lipinski definition) is 2. The molecule has 3 rings (SSSR count). The van der Waals surface area contributed by atoms with Gasteiger partial charge in [0.05, 0.1) is 23.7 Å². The molecule has 0 aliphatic carbocycles. The zero-order chi connectivity index (χ0) is 22.1. The minimum atomic E-state index is -3.35. The molecule has 1 aromatic heterocycles. The Hall–Kier alpha value is -2.65. The van der Waals surface area contributed by atoms with Gasteiger partial charge in [0, 0.05) is 23.4 Å². The Morgan fingerprint density at radius 1 is 1.37 bits per heavy atom. The fourth-order valence-corrected chi connectivity index (χ4v) is 5.19. The van der Waals surface area contributed by atoms with Gasteiger partial charge in [0.2, 0.25) is 5.91 Å². The third-order valence-corrected chi connectivity index (χ3v) is 6.73. The van der Waals surface area contributed by atoms with Gasteiger partial charge >= 0.3 is 5.63 Å². The third-order valence-electron chi connectivity index (χ3n) is 5.02. The minimum absolute atomic E-state index is 0.0276. The highest BCUT2D eigenvalue weighted by Crippen LogP contribution is 2.25. The van der Waals surface area contributed by atoms with Gasteiger partial charge in [-0.3, -0.25) is 4.79 Å². The number of aliphatic hydroxyl groups excluding tert-OH is 1. The number of carbonyl (C=O) groups is 1. The number of benzene rings is 1. The maximum absolute atomic E-state index is 12.5. The van der Waals surface area contributed by atoms with E-state index in [0.29, 0.717) is 29.1 Å². The Balaban J connectivity index is 1.71. The number of aliphatic hydroxyl groups is 1. The Morgan fingerprint density at radius 3 is 2.73 bits per heavy atom. The number of sulfone groups is 1. The standard InChI is InChI=1S/C21H25NO7S/c1-12(2)9-28-14-4-5-15-13(3)16(21(25)29-19(15)8-14)6-7-20(24)22-17-10-30(26,27)11-18(17)23/h4-5,8,17-18,23H,1,6-7,9-11H2,2-3H3,(H,22,24)/t17-,18-/m1/s1. The van der Waals surface area contributed by atoms with E-state index < -0.39 is 33.5 Å². The van der Waals surface area contributed by atoms with Gasteiger partial charge in [-0.1, -0.05) is 6.58 Å². The molecule has 0 saturated carbocycles. The first-order valence-electron chi connectivity index (χ1n) is 9.57. The lowest BCUT2D eigenvalue weighted by molar-refractivity contribution is -0.122. The number of hydrogen-bond acceptors (Lipinski definition) is 7. The van der Waals surface area contributed by atoms with Gasteiger partial charge in [0.1, 0.15) is 17.9 Å². The van der Waals surface area contributed by atoms with Crippen LogP contribution in [0.25, 0.3) is 11.0 Å². The summed E-state index contributed by atoms with van der Waals surface area (Å²) in [6, 6.07) is 4.39. The number of nitrogens with one attached hydrogen (secondary N) is 1. The van der Waals surface area contributed by atoms with Crippen LogP contribution in [0.2, 0.25) is 0 Å². The second-order valence-electron chi connectivity index (χ2n) is 7.72. The van der Waals surface area contributed by atoms with Gasteiger partial charge < -0.3 is 19.6 Å². The predicted molar refractivity (Wildman–Crippen MR) is 112 cm³/mol. The number of aryl methyl sites for hydroxylation is 1. The summed E-state index contributed by atoms with van der Waals surface area (Å²) in [6.07, 6.45) is -1.01. The number of amides is 1. The molecular formula is C21H25NO7S. The van der Waals surface area contributed by atoms with E-state index >= 15 is 0 Å². The van der Waals surface area contributed by atoms with Crippen molar-refractivity contribution in [2.24, 2.45) is 0 Å². The van der Waals surface area contributed by atoms with Crippen LogP contribution in [-0.2, 0) is 21.1 Å². The molecule has 30 heavy (non-hydrogen) atoms. The SMILES string of the molecule is C=C(C)COc1ccc2c(C)c(CCC(=O)N[C@@H]3CS(=O)(=O)C[C@H]3O)c(=O)oc2c1. The van der Waals surface area contributed by atoms with Crippen molar-refractivity contribution in [2.75, 3.05) is 18.1 Å². The van der Waals surface area contributed by atoms with E-state index in [1.165, 1.54) is 0 Å². The Labute approximate surface area is 174 Å². The van der Waals surface area contributed by atoms with Crippen molar-refractivity contribution in [1.82, 2.24) is 5.32 Å². The maximum Gasteiger partial charge on any atom is 0.339 e. The van der Waals surface area contributed by atoms with Crippen LogP contribution >= 0.6 is 0 Å². The lowest BCUT2D eigenvalue weighted by Crippen LogP contribution is -2.42. The summed E-state index contributed by atoms with van der Waals surface area (Å²) >= 11 is 0. The Bertz CT molecular complexity index is 1150. The number of carbonyl (C=O) groups excluding carboxylic acids is 1. The van der Waals surface area contributed by atoms with Crippen molar-refractivity contribution in [1.29, 1.82) is 0 Å². The highest BCUT2D eigenvalue weighted by Gasteiger charge is 2.37. The Kier molecular flexibility index (Phi) is 6.33. The zero-order valence-corrected chi connectivity index (χ0v) is 17.8. The molecule has 2 aromatic rings. The monoisotopic (exact) mass is 435 g/mol. The van der Waals surface area contributed by atoms with Crippen molar-refractivity contribution < 1.29 is 27.5 Å². The van der Waals surface area contributed by atoms with E-state index in [9.17, 15) is 23.1 Å². The third kappa shape index (κ3) is 5.09. The number of ether oxygens (including phenoxy) is 1. The van der Waals surface area contributed by atoms with Gasteiger partial charge in [-0.2, -0.15) is 0 Å². The molecule has 9 heteroatoms. The van der Waals surface area contributed by atoms with E-state index in [2.05, 4.69) is 11.9 Å². The average Bonchev–Trinajstić information content (AvgIpc) is 2.90. The van der Waals surface area contributed by atoms with Crippen LogP contribution in [0.4, 0.5) is 0 Å². The highest BCUT2D eigenvalue weighted by atomic mass is 32.2. The largest absolute Gasteiger partial charge is 0.489 e. The minimum Gasteiger partial charge on any atom is -0.489 e. The number of rotatable bonds is 7. The van der Waals surface area contributed by atoms with Gasteiger partial charge in [-0.25, -0.2) is 13.2 Å². The van der Waals surface area contributed by atoms with E-state index in [-0.39, 0.29) is 24.3 Å². The van der Waals surface area contributed by atoms with Crippen LogP contribution in [0, 0.1) is 6.92 Å². The fraction of sp³-hybridized carbons (Fsp3) is 0.429. The van der Waals surface area contributed by atoms with Crippen LogP contribution in [0.15, 0.2) is 39.6 Å². The molecule has 162 valence electrons. The maximum atomic E-state index is 12.5. The molecule has 1 saturated heterocycles. The molecule has 8 nitrogen and oxygen atoms in total. The molecule has 1 amide bonds. The normalized spacial score (nSPS) is 20.2. The predicted octanol–water partition coefficient (Wildman–Crippen LogP) is 1.26. The van der Waals surface area contributed by atoms with E-state index in [1.54, 1.807) is 25.1 Å². The molecular weight excluding hydrogens is 410 g/mol. The van der Waals surface area contributed by atoms with Gasteiger partial charge in [0.15, 0.2) is 9.84 Å². The van der Waals surface area contributed by atoms with Crippen molar-refractivity contribution in [2.45, 2.75) is 38.8 Å². The van der Waals surface area contributed by atoms with Crippen LogP contribution in [0.3, 0.4) is 0 Å². The first-order valence-corrected chi connectivity index (χ1v) is 11.4. The fourth-order valence-electron chi connectivity index (χ4n) is 3.44. The summed E-state index contributed by atoms with van der Waals surface area (Å²) in [5, 5.41) is 13.1. The number of fused-ring (bicyclic) bond motifs is 1. The van der Waals surface area contributed by atoms with Crippen LogP contribution in [0.5, 0.6) is 5.75 Å². The molecule has 0 radical (unpaired) electrons. The molecule has 1 aliphatic rings. The van der Waals surface area contributed by atoms with E-state index in [4.69, 9.17) is 9.15 Å². The summed E-state index contributed by atoms with van der Waals surface area (Å²) < 4.78 is 34.1. The lowest BCUT2D eigenvalue weighted by atomic mass is 10.0.